The van der Waals surface area contributed by atoms with Crippen molar-refractivity contribution < 1.29 is 14.2 Å². The quantitative estimate of drug-likeness (QED) is 0.901. The Bertz CT molecular complexity index is 554. The van der Waals surface area contributed by atoms with Crippen molar-refractivity contribution in [2.45, 2.75) is 26.0 Å². The smallest absolute Gasteiger partial charge is 0.132 e. The molecule has 0 fully saturated rings. The van der Waals surface area contributed by atoms with E-state index in [1.807, 2.05) is 13.1 Å². The first kappa shape index (κ1) is 13.5. The van der Waals surface area contributed by atoms with Gasteiger partial charge in [0.2, 0.25) is 0 Å². The molecule has 5 heteroatoms. The first-order valence-electron chi connectivity index (χ1n) is 6.17. The zero-order valence-electron chi connectivity index (χ0n) is 11.0. The van der Waals surface area contributed by atoms with Gasteiger partial charge in [-0.05, 0) is 24.6 Å². The van der Waals surface area contributed by atoms with Crippen LogP contribution in [-0.2, 0) is 13.0 Å². The summed E-state index contributed by atoms with van der Waals surface area (Å²) in [6.07, 6.45) is 2.99. The summed E-state index contributed by atoms with van der Waals surface area (Å²) < 4.78 is 20.5. The van der Waals surface area contributed by atoms with E-state index in [0.29, 0.717) is 12.2 Å². The molecule has 0 aliphatic rings. The van der Waals surface area contributed by atoms with Crippen molar-refractivity contribution in [3.63, 3.8) is 0 Å². The average molecular weight is 264 g/mol. The molecule has 1 N–H and O–H groups in total. The number of aromatic nitrogens is 2. The highest BCUT2D eigenvalue weighted by Crippen LogP contribution is 2.24. The van der Waals surface area contributed by atoms with Gasteiger partial charge in [0.15, 0.2) is 0 Å². The van der Waals surface area contributed by atoms with E-state index in [4.69, 9.17) is 4.74 Å². The van der Waals surface area contributed by atoms with Gasteiger partial charge in [-0.2, -0.15) is 5.10 Å². The molecule has 1 aromatic heterocycles. The number of aliphatic hydroxyl groups excluding tert-OH is 1. The third-order valence-corrected chi connectivity index (χ3v) is 3.01. The zero-order valence-corrected chi connectivity index (χ0v) is 11.0. The van der Waals surface area contributed by atoms with Gasteiger partial charge in [-0.25, -0.2) is 4.39 Å². The SMILES string of the molecule is CCn1cc(CC(O)c2ccc(OC)cc2F)cn1. The minimum atomic E-state index is -0.889. The number of benzene rings is 1. The molecule has 0 bridgehead atoms. The van der Waals surface area contributed by atoms with Crippen molar-refractivity contribution in [1.82, 2.24) is 9.78 Å². The maximum Gasteiger partial charge on any atom is 0.132 e. The maximum atomic E-state index is 13.8. The van der Waals surface area contributed by atoms with Crippen LogP contribution >= 0.6 is 0 Å². The van der Waals surface area contributed by atoms with Crippen molar-refractivity contribution in [3.05, 3.63) is 47.5 Å². The third kappa shape index (κ3) is 3.12. The topological polar surface area (TPSA) is 47.3 Å². The molecule has 4 nitrogen and oxygen atoms in total. The fourth-order valence-electron chi connectivity index (χ4n) is 1.92. The molecule has 0 saturated carbocycles. The Morgan fingerprint density at radius 2 is 2.26 bits per heavy atom. The van der Waals surface area contributed by atoms with Gasteiger partial charge in [0.25, 0.3) is 0 Å². The van der Waals surface area contributed by atoms with E-state index in [0.717, 1.165) is 12.1 Å². The summed E-state index contributed by atoms with van der Waals surface area (Å²) in [5, 5.41) is 14.2. The second-order valence-electron chi connectivity index (χ2n) is 4.31. The molecular formula is C14H17FN2O2. The lowest BCUT2D eigenvalue weighted by Crippen LogP contribution is -2.04. The Labute approximate surface area is 111 Å². The lowest BCUT2D eigenvalue weighted by Gasteiger charge is -2.11. The third-order valence-electron chi connectivity index (χ3n) is 3.01. The highest BCUT2D eigenvalue weighted by molar-refractivity contribution is 5.30. The van der Waals surface area contributed by atoms with E-state index in [1.54, 1.807) is 23.0 Å². The largest absolute Gasteiger partial charge is 0.497 e. The first-order chi connectivity index (χ1) is 9.13. The molecule has 0 amide bonds. The van der Waals surface area contributed by atoms with Crippen LogP contribution in [0.4, 0.5) is 4.39 Å². The van der Waals surface area contributed by atoms with Crippen molar-refractivity contribution in [1.29, 1.82) is 0 Å². The number of hydrogen-bond acceptors (Lipinski definition) is 3. The van der Waals surface area contributed by atoms with Gasteiger partial charge >= 0.3 is 0 Å². The summed E-state index contributed by atoms with van der Waals surface area (Å²) in [7, 11) is 1.48. The Balaban J connectivity index is 2.13. The second kappa shape index (κ2) is 5.84. The van der Waals surface area contributed by atoms with Gasteiger partial charge in [-0.1, -0.05) is 0 Å². The van der Waals surface area contributed by atoms with Crippen LogP contribution in [0.3, 0.4) is 0 Å². The molecule has 2 aromatic rings. The molecular weight excluding hydrogens is 247 g/mol. The van der Waals surface area contributed by atoms with Gasteiger partial charge in [-0.3, -0.25) is 4.68 Å². The van der Waals surface area contributed by atoms with Gasteiger partial charge in [0.05, 0.1) is 19.4 Å². The molecule has 2 rings (SSSR count). The van der Waals surface area contributed by atoms with E-state index in [2.05, 4.69) is 5.10 Å². The predicted molar refractivity (Wildman–Crippen MR) is 69.5 cm³/mol. The highest BCUT2D eigenvalue weighted by atomic mass is 19.1. The number of nitrogens with zero attached hydrogens (tertiary/aromatic N) is 2. The molecule has 102 valence electrons. The number of halogens is 1. The molecule has 0 aliphatic heterocycles. The predicted octanol–water partition coefficient (Wildman–Crippen LogP) is 2.33. The number of ether oxygens (including phenoxy) is 1. The van der Waals surface area contributed by atoms with Gasteiger partial charge < -0.3 is 9.84 Å². The molecule has 1 aromatic carbocycles. The summed E-state index contributed by atoms with van der Waals surface area (Å²) in [4.78, 5) is 0. The Hall–Kier alpha value is -1.88. The molecule has 0 spiro atoms. The van der Waals surface area contributed by atoms with Crippen LogP contribution in [0, 0.1) is 5.82 Å². The normalized spacial score (nSPS) is 12.4. The lowest BCUT2D eigenvalue weighted by molar-refractivity contribution is 0.173. The Morgan fingerprint density at radius 1 is 1.47 bits per heavy atom. The van der Waals surface area contributed by atoms with E-state index in [1.165, 1.54) is 13.2 Å². The van der Waals surface area contributed by atoms with E-state index >= 15 is 0 Å². The van der Waals surface area contributed by atoms with Gasteiger partial charge in [0, 0.05) is 30.8 Å². The Kier molecular flexibility index (Phi) is 4.16. The molecule has 0 aliphatic carbocycles. The fourth-order valence-corrected chi connectivity index (χ4v) is 1.92. The van der Waals surface area contributed by atoms with E-state index in [9.17, 15) is 9.50 Å². The summed E-state index contributed by atoms with van der Waals surface area (Å²) in [6.45, 7) is 2.75. The lowest BCUT2D eigenvalue weighted by atomic mass is 10.0. The van der Waals surface area contributed by atoms with Crippen molar-refractivity contribution >= 4 is 0 Å². The maximum absolute atomic E-state index is 13.8. The number of methoxy groups -OCH3 is 1. The van der Waals surface area contributed by atoms with Crippen molar-refractivity contribution in [2.75, 3.05) is 7.11 Å². The van der Waals surface area contributed by atoms with Crippen molar-refractivity contribution in [2.24, 2.45) is 0 Å². The highest BCUT2D eigenvalue weighted by Gasteiger charge is 2.15. The standard InChI is InChI=1S/C14H17FN2O2/c1-3-17-9-10(8-16-17)6-14(18)12-5-4-11(19-2)7-13(12)15/h4-5,7-9,14,18H,3,6H2,1-2H3. The number of hydrogen-bond donors (Lipinski definition) is 1. The number of rotatable bonds is 5. The summed E-state index contributed by atoms with van der Waals surface area (Å²) in [5.74, 6) is -0.0259. The molecule has 1 heterocycles. The monoisotopic (exact) mass is 264 g/mol. The van der Waals surface area contributed by atoms with Gasteiger partial charge in [-0.15, -0.1) is 0 Å². The van der Waals surface area contributed by atoms with Crippen molar-refractivity contribution in [3.8, 4) is 5.75 Å². The average Bonchev–Trinajstić information content (AvgIpc) is 2.86. The van der Waals surface area contributed by atoms with Crippen LogP contribution in [0.5, 0.6) is 5.75 Å². The molecule has 19 heavy (non-hydrogen) atoms. The van der Waals surface area contributed by atoms with Crippen LogP contribution in [0.1, 0.15) is 24.2 Å². The molecule has 0 radical (unpaired) electrons. The number of aliphatic hydroxyl groups is 1. The first-order valence-corrected chi connectivity index (χ1v) is 6.17. The Morgan fingerprint density at radius 3 is 2.84 bits per heavy atom. The minimum absolute atomic E-state index is 0.269. The summed E-state index contributed by atoms with van der Waals surface area (Å²) in [6, 6.07) is 4.45. The van der Waals surface area contributed by atoms with Crippen LogP contribution < -0.4 is 4.74 Å². The summed E-state index contributed by atoms with van der Waals surface area (Å²) >= 11 is 0. The van der Waals surface area contributed by atoms with Crippen LogP contribution in [0.25, 0.3) is 0 Å². The van der Waals surface area contributed by atoms with E-state index in [-0.39, 0.29) is 5.56 Å². The molecule has 1 unspecified atom stereocenters. The van der Waals surface area contributed by atoms with Crippen LogP contribution in [0.15, 0.2) is 30.6 Å². The zero-order chi connectivity index (χ0) is 13.8. The molecule has 0 saturated heterocycles. The van der Waals surface area contributed by atoms with E-state index < -0.39 is 11.9 Å². The van der Waals surface area contributed by atoms with Gasteiger partial charge in [0.1, 0.15) is 11.6 Å². The fraction of sp³-hybridized carbons (Fsp3) is 0.357. The molecule has 1 atom stereocenters. The number of aryl methyl sites for hydroxylation is 1. The van der Waals surface area contributed by atoms with Crippen LogP contribution in [0.2, 0.25) is 0 Å². The van der Waals surface area contributed by atoms with Crippen LogP contribution in [-0.4, -0.2) is 22.0 Å². The summed E-state index contributed by atoms with van der Waals surface area (Å²) in [5.41, 5.74) is 1.15. The minimum Gasteiger partial charge on any atom is -0.497 e. The second-order valence-corrected chi connectivity index (χ2v) is 4.31.